The van der Waals surface area contributed by atoms with Crippen LogP contribution in [0.5, 0.6) is 0 Å². The van der Waals surface area contributed by atoms with Crippen molar-refractivity contribution in [2.24, 2.45) is 5.92 Å². The Hall–Kier alpha value is -1.91. The molecule has 0 amide bonds. The first kappa shape index (κ1) is 20.1. The standard InChI is InChI=1S/C19H27FO4/c1-4-5-17(14(2)3)24-19(22)11-10-18(21)23-13-12-15-6-8-16(20)9-7-15/h6-9,14,17H,4-5,10-13H2,1-3H3. The minimum atomic E-state index is -0.425. The lowest BCUT2D eigenvalue weighted by molar-refractivity contribution is -0.155. The summed E-state index contributed by atoms with van der Waals surface area (Å²) in [5.74, 6) is -0.822. The third-order valence-corrected chi connectivity index (χ3v) is 3.70. The maximum absolute atomic E-state index is 12.8. The summed E-state index contributed by atoms with van der Waals surface area (Å²) in [4.78, 5) is 23.4. The molecule has 0 saturated heterocycles. The number of benzene rings is 1. The molecule has 0 heterocycles. The Morgan fingerprint density at radius 2 is 1.71 bits per heavy atom. The predicted molar refractivity (Wildman–Crippen MR) is 89.9 cm³/mol. The second-order valence-corrected chi connectivity index (χ2v) is 6.16. The Morgan fingerprint density at radius 3 is 2.29 bits per heavy atom. The summed E-state index contributed by atoms with van der Waals surface area (Å²) in [6, 6.07) is 6.05. The van der Waals surface area contributed by atoms with E-state index in [0.717, 1.165) is 18.4 Å². The molecule has 0 aliphatic heterocycles. The molecule has 1 aromatic rings. The van der Waals surface area contributed by atoms with E-state index in [-0.39, 0.29) is 43.3 Å². The van der Waals surface area contributed by atoms with Gasteiger partial charge >= 0.3 is 11.9 Å². The van der Waals surface area contributed by atoms with Crippen LogP contribution in [0.2, 0.25) is 0 Å². The zero-order chi connectivity index (χ0) is 17.9. The van der Waals surface area contributed by atoms with Crippen molar-refractivity contribution in [1.82, 2.24) is 0 Å². The van der Waals surface area contributed by atoms with Crippen molar-refractivity contribution in [2.75, 3.05) is 6.61 Å². The lowest BCUT2D eigenvalue weighted by atomic mass is 10.0. The summed E-state index contributed by atoms with van der Waals surface area (Å²) in [5, 5.41) is 0. The predicted octanol–water partition coefficient (Wildman–Crippen LogP) is 4.06. The second-order valence-electron chi connectivity index (χ2n) is 6.16. The van der Waals surface area contributed by atoms with Crippen LogP contribution in [0.3, 0.4) is 0 Å². The summed E-state index contributed by atoms with van der Waals surface area (Å²) < 4.78 is 23.3. The Balaban J connectivity index is 2.22. The topological polar surface area (TPSA) is 52.6 Å². The first-order valence-corrected chi connectivity index (χ1v) is 8.52. The molecule has 1 unspecified atom stereocenters. The van der Waals surface area contributed by atoms with E-state index in [9.17, 15) is 14.0 Å². The van der Waals surface area contributed by atoms with Gasteiger partial charge < -0.3 is 9.47 Å². The molecule has 0 N–H and O–H groups in total. The fourth-order valence-corrected chi connectivity index (χ4v) is 2.25. The van der Waals surface area contributed by atoms with Gasteiger partial charge in [-0.05, 0) is 30.0 Å². The minimum absolute atomic E-state index is 0.0131. The molecular weight excluding hydrogens is 311 g/mol. The molecule has 0 fully saturated rings. The average molecular weight is 338 g/mol. The molecule has 24 heavy (non-hydrogen) atoms. The van der Waals surface area contributed by atoms with E-state index in [1.54, 1.807) is 12.1 Å². The van der Waals surface area contributed by atoms with E-state index < -0.39 is 5.97 Å². The molecule has 4 nitrogen and oxygen atoms in total. The summed E-state index contributed by atoms with van der Waals surface area (Å²) in [5.41, 5.74) is 0.892. The fraction of sp³-hybridized carbons (Fsp3) is 0.579. The maximum atomic E-state index is 12.8. The molecule has 0 aliphatic carbocycles. The van der Waals surface area contributed by atoms with Gasteiger partial charge in [0.05, 0.1) is 19.4 Å². The van der Waals surface area contributed by atoms with Gasteiger partial charge in [-0.15, -0.1) is 0 Å². The van der Waals surface area contributed by atoms with Crippen LogP contribution < -0.4 is 0 Å². The van der Waals surface area contributed by atoms with Crippen molar-refractivity contribution in [3.8, 4) is 0 Å². The molecule has 1 rings (SSSR count). The first-order chi connectivity index (χ1) is 11.4. The molecular formula is C19H27FO4. The van der Waals surface area contributed by atoms with Crippen LogP contribution in [0.4, 0.5) is 4.39 Å². The highest BCUT2D eigenvalue weighted by Gasteiger charge is 2.18. The third kappa shape index (κ3) is 8.09. The zero-order valence-electron chi connectivity index (χ0n) is 14.7. The fourth-order valence-electron chi connectivity index (χ4n) is 2.25. The molecule has 0 saturated carbocycles. The van der Waals surface area contributed by atoms with Crippen molar-refractivity contribution >= 4 is 11.9 Å². The molecule has 1 atom stereocenters. The van der Waals surface area contributed by atoms with E-state index in [1.165, 1.54) is 12.1 Å². The van der Waals surface area contributed by atoms with Crippen molar-refractivity contribution in [2.45, 2.75) is 59.0 Å². The van der Waals surface area contributed by atoms with Crippen LogP contribution in [0.25, 0.3) is 0 Å². The number of halogens is 1. The average Bonchev–Trinajstić information content (AvgIpc) is 2.54. The number of rotatable bonds is 10. The maximum Gasteiger partial charge on any atom is 0.306 e. The summed E-state index contributed by atoms with van der Waals surface area (Å²) >= 11 is 0. The lowest BCUT2D eigenvalue weighted by Gasteiger charge is -2.20. The van der Waals surface area contributed by atoms with Crippen LogP contribution >= 0.6 is 0 Å². The molecule has 5 heteroatoms. The van der Waals surface area contributed by atoms with Crippen molar-refractivity contribution in [1.29, 1.82) is 0 Å². The van der Waals surface area contributed by atoms with Gasteiger partial charge in [-0.25, -0.2) is 4.39 Å². The second kappa shape index (κ2) is 10.8. The monoisotopic (exact) mass is 338 g/mol. The van der Waals surface area contributed by atoms with Crippen LogP contribution in [-0.2, 0) is 25.5 Å². The van der Waals surface area contributed by atoms with E-state index in [4.69, 9.17) is 9.47 Å². The quantitative estimate of drug-likeness (QED) is 0.604. The van der Waals surface area contributed by atoms with Crippen LogP contribution in [-0.4, -0.2) is 24.6 Å². The highest BCUT2D eigenvalue weighted by Crippen LogP contribution is 2.14. The number of ether oxygens (including phenoxy) is 2. The molecule has 0 aliphatic rings. The van der Waals surface area contributed by atoms with Crippen molar-refractivity contribution in [3.63, 3.8) is 0 Å². The molecule has 0 aromatic heterocycles. The van der Waals surface area contributed by atoms with Gasteiger partial charge in [0, 0.05) is 6.42 Å². The number of esters is 2. The number of hydrogen-bond donors (Lipinski definition) is 0. The number of hydrogen-bond acceptors (Lipinski definition) is 4. The molecule has 0 radical (unpaired) electrons. The highest BCUT2D eigenvalue weighted by molar-refractivity contribution is 5.77. The smallest absolute Gasteiger partial charge is 0.306 e. The van der Waals surface area contributed by atoms with E-state index in [1.807, 2.05) is 20.8 Å². The van der Waals surface area contributed by atoms with Crippen molar-refractivity contribution < 1.29 is 23.5 Å². The summed E-state index contributed by atoms with van der Waals surface area (Å²) in [6.07, 6.45) is 2.23. The molecule has 0 spiro atoms. The zero-order valence-corrected chi connectivity index (χ0v) is 14.7. The van der Waals surface area contributed by atoms with E-state index >= 15 is 0 Å². The molecule has 0 bridgehead atoms. The van der Waals surface area contributed by atoms with Gasteiger partial charge in [0.15, 0.2) is 0 Å². The SMILES string of the molecule is CCCC(OC(=O)CCC(=O)OCCc1ccc(F)cc1)C(C)C. The van der Waals surface area contributed by atoms with Gasteiger partial charge in [0.25, 0.3) is 0 Å². The molecule has 1 aromatic carbocycles. The largest absolute Gasteiger partial charge is 0.465 e. The van der Waals surface area contributed by atoms with Gasteiger partial charge in [0.1, 0.15) is 11.9 Å². The van der Waals surface area contributed by atoms with Crippen LogP contribution in [0.1, 0.15) is 52.0 Å². The third-order valence-electron chi connectivity index (χ3n) is 3.70. The van der Waals surface area contributed by atoms with E-state index in [2.05, 4.69) is 0 Å². The highest BCUT2D eigenvalue weighted by atomic mass is 19.1. The minimum Gasteiger partial charge on any atom is -0.465 e. The normalized spacial score (nSPS) is 12.0. The van der Waals surface area contributed by atoms with E-state index in [0.29, 0.717) is 6.42 Å². The Kier molecular flexibility index (Phi) is 9.05. The summed E-state index contributed by atoms with van der Waals surface area (Å²) in [7, 11) is 0. The number of carbonyl (C=O) groups excluding carboxylic acids is 2. The Morgan fingerprint density at radius 1 is 1.08 bits per heavy atom. The lowest BCUT2D eigenvalue weighted by Crippen LogP contribution is -2.24. The van der Waals surface area contributed by atoms with Crippen molar-refractivity contribution in [3.05, 3.63) is 35.6 Å². The summed E-state index contributed by atoms with van der Waals surface area (Å²) in [6.45, 7) is 6.28. The van der Waals surface area contributed by atoms with Gasteiger partial charge in [-0.3, -0.25) is 9.59 Å². The van der Waals surface area contributed by atoms with Crippen LogP contribution in [0.15, 0.2) is 24.3 Å². The van der Waals surface area contributed by atoms with Gasteiger partial charge in [-0.1, -0.05) is 39.3 Å². The Bertz CT molecular complexity index is 511. The number of carbonyl (C=O) groups is 2. The molecule has 134 valence electrons. The van der Waals surface area contributed by atoms with Gasteiger partial charge in [0.2, 0.25) is 0 Å². The first-order valence-electron chi connectivity index (χ1n) is 8.52. The van der Waals surface area contributed by atoms with Gasteiger partial charge in [-0.2, -0.15) is 0 Å². The Labute approximate surface area is 143 Å². The van der Waals surface area contributed by atoms with Crippen LogP contribution in [0, 0.1) is 11.7 Å².